The van der Waals surface area contributed by atoms with E-state index in [2.05, 4.69) is 10.5 Å². The van der Waals surface area contributed by atoms with E-state index in [9.17, 15) is 4.79 Å². The Balaban J connectivity index is 1.85. The number of aryl methyl sites for hydroxylation is 1. The van der Waals surface area contributed by atoms with Crippen LogP contribution in [0, 0.1) is 6.92 Å². The van der Waals surface area contributed by atoms with Crippen LogP contribution >= 0.6 is 0 Å². The molecule has 3 aromatic rings. The summed E-state index contributed by atoms with van der Waals surface area (Å²) in [7, 11) is 0. The number of fused-ring (bicyclic) bond motifs is 1. The first-order valence-corrected chi connectivity index (χ1v) is 7.54. The number of amides is 1. The van der Waals surface area contributed by atoms with Gasteiger partial charge in [-0.15, -0.1) is 0 Å². The number of rotatable bonds is 3. The SMILES string of the molecule is CC(=NNC(=O)c1cccc2ccccc12)c1cccc(C)c1. The minimum Gasteiger partial charge on any atom is -0.267 e. The van der Waals surface area contributed by atoms with Crippen molar-refractivity contribution < 1.29 is 4.79 Å². The van der Waals surface area contributed by atoms with Crippen molar-refractivity contribution in [2.45, 2.75) is 13.8 Å². The minimum atomic E-state index is -0.200. The number of carbonyl (C=O) groups excluding carboxylic acids is 1. The predicted molar refractivity (Wildman–Crippen MR) is 94.8 cm³/mol. The molecule has 0 aliphatic rings. The van der Waals surface area contributed by atoms with Crippen molar-refractivity contribution in [2.75, 3.05) is 0 Å². The van der Waals surface area contributed by atoms with Crippen LogP contribution in [0.25, 0.3) is 10.8 Å². The third-order valence-corrected chi connectivity index (χ3v) is 3.80. The molecular weight excluding hydrogens is 284 g/mol. The second kappa shape index (κ2) is 6.44. The van der Waals surface area contributed by atoms with Crippen molar-refractivity contribution in [3.05, 3.63) is 83.4 Å². The van der Waals surface area contributed by atoms with E-state index in [1.165, 1.54) is 0 Å². The van der Waals surface area contributed by atoms with E-state index in [-0.39, 0.29) is 5.91 Å². The van der Waals surface area contributed by atoms with Crippen molar-refractivity contribution in [1.29, 1.82) is 0 Å². The molecule has 1 amide bonds. The van der Waals surface area contributed by atoms with Gasteiger partial charge >= 0.3 is 0 Å². The number of benzene rings is 3. The molecule has 0 heterocycles. The van der Waals surface area contributed by atoms with Crippen LogP contribution in [-0.2, 0) is 0 Å². The molecule has 0 atom stereocenters. The fourth-order valence-electron chi connectivity index (χ4n) is 2.55. The van der Waals surface area contributed by atoms with Crippen LogP contribution in [0.4, 0.5) is 0 Å². The molecule has 3 aromatic carbocycles. The summed E-state index contributed by atoms with van der Waals surface area (Å²) in [6.07, 6.45) is 0. The van der Waals surface area contributed by atoms with Gasteiger partial charge in [0.05, 0.1) is 5.71 Å². The highest BCUT2D eigenvalue weighted by atomic mass is 16.2. The quantitative estimate of drug-likeness (QED) is 0.568. The van der Waals surface area contributed by atoms with Crippen LogP contribution in [0.2, 0.25) is 0 Å². The standard InChI is InChI=1S/C20H18N2O/c1-14-7-5-10-17(13-14)15(2)21-22-20(23)19-12-6-9-16-8-3-4-11-18(16)19/h3-13H,1-2H3,(H,22,23). The lowest BCUT2D eigenvalue weighted by Gasteiger charge is -2.06. The Labute approximate surface area is 135 Å². The maximum absolute atomic E-state index is 12.4. The van der Waals surface area contributed by atoms with E-state index in [0.717, 1.165) is 27.6 Å². The van der Waals surface area contributed by atoms with E-state index >= 15 is 0 Å². The number of hydrogen-bond acceptors (Lipinski definition) is 2. The predicted octanol–water partition coefficient (Wildman–Crippen LogP) is 4.30. The van der Waals surface area contributed by atoms with Crippen molar-refractivity contribution in [3.63, 3.8) is 0 Å². The summed E-state index contributed by atoms with van der Waals surface area (Å²) >= 11 is 0. The molecule has 0 saturated carbocycles. The first-order chi connectivity index (χ1) is 11.1. The van der Waals surface area contributed by atoms with Gasteiger partial charge in [0, 0.05) is 5.56 Å². The van der Waals surface area contributed by atoms with Crippen molar-refractivity contribution in [3.8, 4) is 0 Å². The number of nitrogens with one attached hydrogen (secondary N) is 1. The summed E-state index contributed by atoms with van der Waals surface area (Å²) in [5, 5.41) is 6.20. The van der Waals surface area contributed by atoms with Gasteiger partial charge < -0.3 is 0 Å². The first-order valence-electron chi connectivity index (χ1n) is 7.54. The number of carbonyl (C=O) groups is 1. The molecule has 0 spiro atoms. The maximum atomic E-state index is 12.4. The minimum absolute atomic E-state index is 0.200. The van der Waals surface area contributed by atoms with Gasteiger partial charge in [-0.2, -0.15) is 5.10 Å². The second-order valence-corrected chi connectivity index (χ2v) is 5.53. The average Bonchev–Trinajstić information content (AvgIpc) is 2.59. The van der Waals surface area contributed by atoms with E-state index < -0.39 is 0 Å². The molecule has 23 heavy (non-hydrogen) atoms. The van der Waals surface area contributed by atoms with E-state index in [1.54, 1.807) is 0 Å². The molecule has 0 aliphatic heterocycles. The van der Waals surface area contributed by atoms with Gasteiger partial charge in [-0.1, -0.05) is 66.2 Å². The fourth-order valence-corrected chi connectivity index (χ4v) is 2.55. The molecule has 3 nitrogen and oxygen atoms in total. The number of hydrazone groups is 1. The van der Waals surface area contributed by atoms with E-state index in [0.29, 0.717) is 5.56 Å². The number of nitrogens with zero attached hydrogens (tertiary/aromatic N) is 1. The lowest BCUT2D eigenvalue weighted by molar-refractivity contribution is 0.0956. The summed E-state index contributed by atoms with van der Waals surface area (Å²) in [5.41, 5.74) is 6.23. The van der Waals surface area contributed by atoms with Crippen LogP contribution < -0.4 is 5.43 Å². The summed E-state index contributed by atoms with van der Waals surface area (Å²) in [5.74, 6) is -0.200. The van der Waals surface area contributed by atoms with Crippen molar-refractivity contribution in [2.24, 2.45) is 5.10 Å². The molecule has 0 saturated heterocycles. The Bertz CT molecular complexity index is 892. The van der Waals surface area contributed by atoms with Gasteiger partial charge in [0.1, 0.15) is 0 Å². The Morgan fingerprint density at radius 3 is 2.52 bits per heavy atom. The lowest BCUT2D eigenvalue weighted by Crippen LogP contribution is -2.19. The summed E-state index contributed by atoms with van der Waals surface area (Å²) in [6, 6.07) is 21.6. The zero-order chi connectivity index (χ0) is 16.2. The lowest BCUT2D eigenvalue weighted by atomic mass is 10.0. The van der Waals surface area contributed by atoms with Crippen LogP contribution in [0.15, 0.2) is 71.8 Å². The molecular formula is C20H18N2O. The van der Waals surface area contributed by atoms with Gasteiger partial charge in [-0.05, 0) is 36.2 Å². The van der Waals surface area contributed by atoms with Gasteiger partial charge in [0.2, 0.25) is 0 Å². The molecule has 0 bridgehead atoms. The van der Waals surface area contributed by atoms with Crippen LogP contribution in [-0.4, -0.2) is 11.6 Å². The zero-order valence-electron chi connectivity index (χ0n) is 13.2. The first kappa shape index (κ1) is 15.0. The van der Waals surface area contributed by atoms with Gasteiger partial charge in [0.15, 0.2) is 0 Å². The molecule has 114 valence electrons. The van der Waals surface area contributed by atoms with Crippen LogP contribution in [0.5, 0.6) is 0 Å². The van der Waals surface area contributed by atoms with Crippen molar-refractivity contribution in [1.82, 2.24) is 5.43 Å². The third kappa shape index (κ3) is 3.29. The fraction of sp³-hybridized carbons (Fsp3) is 0.100. The smallest absolute Gasteiger partial charge is 0.267 e. The summed E-state index contributed by atoms with van der Waals surface area (Å²) < 4.78 is 0. The molecule has 1 N–H and O–H groups in total. The Kier molecular flexibility index (Phi) is 4.20. The Hall–Kier alpha value is -2.94. The third-order valence-electron chi connectivity index (χ3n) is 3.80. The van der Waals surface area contributed by atoms with Crippen LogP contribution in [0.1, 0.15) is 28.4 Å². The summed E-state index contributed by atoms with van der Waals surface area (Å²) in [4.78, 5) is 12.4. The highest BCUT2D eigenvalue weighted by Gasteiger charge is 2.09. The van der Waals surface area contributed by atoms with E-state index in [1.807, 2.05) is 80.6 Å². The molecule has 0 unspecified atom stereocenters. The molecule has 0 aromatic heterocycles. The molecule has 3 rings (SSSR count). The van der Waals surface area contributed by atoms with E-state index in [4.69, 9.17) is 0 Å². The Morgan fingerprint density at radius 1 is 0.957 bits per heavy atom. The van der Waals surface area contributed by atoms with Gasteiger partial charge in [-0.3, -0.25) is 4.79 Å². The largest absolute Gasteiger partial charge is 0.272 e. The number of hydrogen-bond donors (Lipinski definition) is 1. The normalized spacial score (nSPS) is 11.5. The molecule has 3 heteroatoms. The maximum Gasteiger partial charge on any atom is 0.272 e. The molecule has 0 aliphatic carbocycles. The molecule has 0 fully saturated rings. The highest BCUT2D eigenvalue weighted by Crippen LogP contribution is 2.18. The monoisotopic (exact) mass is 302 g/mol. The van der Waals surface area contributed by atoms with Gasteiger partial charge in [-0.25, -0.2) is 5.43 Å². The topological polar surface area (TPSA) is 41.5 Å². The highest BCUT2D eigenvalue weighted by molar-refractivity contribution is 6.07. The zero-order valence-corrected chi connectivity index (χ0v) is 13.2. The molecule has 0 radical (unpaired) electrons. The average molecular weight is 302 g/mol. The van der Waals surface area contributed by atoms with Crippen molar-refractivity contribution >= 4 is 22.4 Å². The summed E-state index contributed by atoms with van der Waals surface area (Å²) in [6.45, 7) is 3.92. The second-order valence-electron chi connectivity index (χ2n) is 5.53. The van der Waals surface area contributed by atoms with Crippen LogP contribution in [0.3, 0.4) is 0 Å². The Morgan fingerprint density at radius 2 is 1.70 bits per heavy atom. The van der Waals surface area contributed by atoms with Gasteiger partial charge in [0.25, 0.3) is 5.91 Å².